The van der Waals surface area contributed by atoms with E-state index in [1.54, 1.807) is 7.11 Å². The molecule has 0 aromatic heterocycles. The van der Waals surface area contributed by atoms with Crippen molar-refractivity contribution in [3.63, 3.8) is 0 Å². The number of fused-ring (bicyclic) bond motifs is 1. The number of hydrogen-bond donors (Lipinski definition) is 0. The van der Waals surface area contributed by atoms with Crippen molar-refractivity contribution in [2.24, 2.45) is 0 Å². The number of methoxy groups -OCH3 is 1. The predicted molar refractivity (Wildman–Crippen MR) is 89.7 cm³/mol. The SMILES string of the molecule is CCOCC[SH+]c1ccc(OCCOC)c2ccccc12. The minimum Gasteiger partial charge on any atom is -0.491 e. The minimum absolute atomic E-state index is 0.571. The summed E-state index contributed by atoms with van der Waals surface area (Å²) in [6.45, 7) is 4.78. The van der Waals surface area contributed by atoms with E-state index in [1.165, 1.54) is 22.0 Å². The Labute approximate surface area is 130 Å². The summed E-state index contributed by atoms with van der Waals surface area (Å²) in [6, 6.07) is 12.6. The second-order valence-electron chi connectivity index (χ2n) is 4.55. The van der Waals surface area contributed by atoms with E-state index in [0.717, 1.165) is 30.1 Å². The molecule has 0 amide bonds. The number of thiol groups is 1. The van der Waals surface area contributed by atoms with Crippen molar-refractivity contribution in [2.45, 2.75) is 11.8 Å². The second-order valence-corrected chi connectivity index (χ2v) is 5.79. The largest absolute Gasteiger partial charge is 0.491 e. The quantitative estimate of drug-likeness (QED) is 0.405. The van der Waals surface area contributed by atoms with Crippen molar-refractivity contribution in [3.05, 3.63) is 36.4 Å². The first kappa shape index (κ1) is 16.1. The van der Waals surface area contributed by atoms with Crippen LogP contribution in [0.2, 0.25) is 0 Å². The van der Waals surface area contributed by atoms with Gasteiger partial charge in [-0.3, -0.25) is 0 Å². The van der Waals surface area contributed by atoms with Gasteiger partial charge in [0, 0.05) is 36.3 Å². The molecule has 3 nitrogen and oxygen atoms in total. The van der Waals surface area contributed by atoms with Crippen molar-refractivity contribution < 1.29 is 14.2 Å². The van der Waals surface area contributed by atoms with Gasteiger partial charge in [-0.05, 0) is 25.1 Å². The maximum Gasteiger partial charge on any atom is 0.160 e. The molecule has 2 aromatic carbocycles. The maximum atomic E-state index is 5.80. The molecule has 21 heavy (non-hydrogen) atoms. The molecule has 2 aromatic rings. The molecule has 0 N–H and O–H groups in total. The monoisotopic (exact) mass is 307 g/mol. The zero-order valence-electron chi connectivity index (χ0n) is 12.7. The molecule has 4 heteroatoms. The summed E-state index contributed by atoms with van der Waals surface area (Å²) in [5.74, 6) is 1.94. The minimum atomic E-state index is 0.571. The van der Waals surface area contributed by atoms with Gasteiger partial charge in [-0.2, -0.15) is 0 Å². The van der Waals surface area contributed by atoms with Crippen LogP contribution in [0, 0.1) is 0 Å². The van der Waals surface area contributed by atoms with Crippen LogP contribution < -0.4 is 4.74 Å². The molecule has 0 heterocycles. The van der Waals surface area contributed by atoms with E-state index in [1.807, 2.05) is 13.0 Å². The molecule has 0 saturated heterocycles. The van der Waals surface area contributed by atoms with E-state index in [0.29, 0.717) is 13.2 Å². The molecule has 0 aliphatic heterocycles. The third-order valence-electron chi connectivity index (χ3n) is 3.13. The van der Waals surface area contributed by atoms with Gasteiger partial charge in [0.05, 0.1) is 13.2 Å². The molecular formula is C17H23O3S+. The van der Waals surface area contributed by atoms with Gasteiger partial charge in [0.25, 0.3) is 0 Å². The van der Waals surface area contributed by atoms with Crippen LogP contribution in [0.1, 0.15) is 6.92 Å². The molecule has 0 saturated carbocycles. The Hall–Kier alpha value is -1.23. The highest BCUT2D eigenvalue weighted by Crippen LogP contribution is 2.29. The van der Waals surface area contributed by atoms with Gasteiger partial charge >= 0.3 is 0 Å². The van der Waals surface area contributed by atoms with E-state index in [-0.39, 0.29) is 0 Å². The van der Waals surface area contributed by atoms with E-state index >= 15 is 0 Å². The molecule has 0 unspecified atom stereocenters. The third-order valence-corrected chi connectivity index (χ3v) is 4.26. The fraction of sp³-hybridized carbons (Fsp3) is 0.412. The van der Waals surface area contributed by atoms with Crippen LogP contribution >= 0.6 is 0 Å². The summed E-state index contributed by atoms with van der Waals surface area (Å²) in [7, 11) is 1.68. The lowest BCUT2D eigenvalue weighted by Gasteiger charge is -2.09. The highest BCUT2D eigenvalue weighted by molar-refractivity contribution is 7.78. The first-order chi connectivity index (χ1) is 10.4. The van der Waals surface area contributed by atoms with Crippen LogP contribution in [-0.4, -0.2) is 39.3 Å². The Morgan fingerprint density at radius 1 is 0.952 bits per heavy atom. The molecular weight excluding hydrogens is 284 g/mol. The van der Waals surface area contributed by atoms with E-state index in [2.05, 4.69) is 30.3 Å². The fourth-order valence-corrected chi connectivity index (χ4v) is 3.14. The fourth-order valence-electron chi connectivity index (χ4n) is 2.13. The maximum absolute atomic E-state index is 5.80. The lowest BCUT2D eigenvalue weighted by Crippen LogP contribution is -2.05. The Bertz CT molecular complexity index is 557. The van der Waals surface area contributed by atoms with Gasteiger partial charge in [0.2, 0.25) is 0 Å². The first-order valence-electron chi connectivity index (χ1n) is 7.25. The number of ether oxygens (including phenoxy) is 3. The molecule has 0 bridgehead atoms. The topological polar surface area (TPSA) is 27.7 Å². The van der Waals surface area contributed by atoms with Gasteiger partial charge in [-0.1, -0.05) is 18.2 Å². The number of benzene rings is 2. The van der Waals surface area contributed by atoms with Crippen LogP contribution in [0.15, 0.2) is 41.3 Å². The molecule has 114 valence electrons. The highest BCUT2D eigenvalue weighted by Gasteiger charge is 2.12. The molecule has 0 aliphatic carbocycles. The van der Waals surface area contributed by atoms with Crippen LogP contribution in [0.5, 0.6) is 5.75 Å². The first-order valence-corrected chi connectivity index (χ1v) is 8.33. The third kappa shape index (κ3) is 4.63. The van der Waals surface area contributed by atoms with Crippen molar-refractivity contribution in [2.75, 3.05) is 39.3 Å². The Kier molecular flexibility index (Phi) is 6.86. The van der Waals surface area contributed by atoms with E-state index in [4.69, 9.17) is 14.2 Å². The molecule has 0 radical (unpaired) electrons. The summed E-state index contributed by atoms with van der Waals surface area (Å²) < 4.78 is 16.3. The standard InChI is InChI=1S/C17H22O3S/c1-3-19-12-13-21-17-9-8-16(20-11-10-18-2)14-6-4-5-7-15(14)17/h4-9H,3,10-13H2,1-2H3/p+1. The second kappa shape index (κ2) is 8.93. The van der Waals surface area contributed by atoms with Gasteiger partial charge in [0.1, 0.15) is 18.1 Å². The summed E-state index contributed by atoms with van der Waals surface area (Å²) in [4.78, 5) is 1.32. The van der Waals surface area contributed by atoms with Crippen LogP contribution in [-0.2, 0) is 21.2 Å². The number of hydrogen-bond acceptors (Lipinski definition) is 3. The summed E-state index contributed by atoms with van der Waals surface area (Å²) in [6.07, 6.45) is 0. The molecule has 0 fully saturated rings. The number of rotatable bonds is 9. The van der Waals surface area contributed by atoms with Gasteiger partial charge < -0.3 is 14.2 Å². The molecule has 0 spiro atoms. The van der Waals surface area contributed by atoms with Crippen LogP contribution in [0.4, 0.5) is 0 Å². The molecule has 0 aliphatic rings. The zero-order chi connectivity index (χ0) is 14.9. The zero-order valence-corrected chi connectivity index (χ0v) is 13.6. The smallest absolute Gasteiger partial charge is 0.160 e. The molecule has 2 rings (SSSR count). The predicted octanol–water partition coefficient (Wildman–Crippen LogP) is 3.08. The summed E-state index contributed by atoms with van der Waals surface area (Å²) in [5, 5.41) is 2.42. The Morgan fingerprint density at radius 2 is 1.76 bits per heavy atom. The average Bonchev–Trinajstić information content (AvgIpc) is 2.53. The lowest BCUT2D eigenvalue weighted by atomic mass is 10.1. The van der Waals surface area contributed by atoms with Crippen LogP contribution in [0.3, 0.4) is 0 Å². The Morgan fingerprint density at radius 3 is 2.52 bits per heavy atom. The lowest BCUT2D eigenvalue weighted by molar-refractivity contribution is 0.147. The van der Waals surface area contributed by atoms with E-state index < -0.39 is 0 Å². The van der Waals surface area contributed by atoms with Gasteiger partial charge in [-0.15, -0.1) is 0 Å². The highest BCUT2D eigenvalue weighted by atomic mass is 32.2. The molecule has 0 atom stereocenters. The van der Waals surface area contributed by atoms with Crippen molar-refractivity contribution >= 4 is 22.5 Å². The normalized spacial score (nSPS) is 11.0. The van der Waals surface area contributed by atoms with Gasteiger partial charge in [0.15, 0.2) is 4.90 Å². The van der Waals surface area contributed by atoms with Crippen molar-refractivity contribution in [3.8, 4) is 5.75 Å². The average molecular weight is 307 g/mol. The van der Waals surface area contributed by atoms with Crippen LogP contribution in [0.25, 0.3) is 10.8 Å². The van der Waals surface area contributed by atoms with Crippen molar-refractivity contribution in [1.29, 1.82) is 0 Å². The van der Waals surface area contributed by atoms with E-state index in [9.17, 15) is 0 Å². The Balaban J connectivity index is 2.14. The van der Waals surface area contributed by atoms with Crippen molar-refractivity contribution in [1.82, 2.24) is 0 Å². The van der Waals surface area contributed by atoms with Gasteiger partial charge in [-0.25, -0.2) is 0 Å². The summed E-state index contributed by atoms with van der Waals surface area (Å²) >= 11 is 1.29. The summed E-state index contributed by atoms with van der Waals surface area (Å²) in [5.41, 5.74) is 0.